The van der Waals surface area contributed by atoms with E-state index in [1.807, 2.05) is 6.92 Å². The highest BCUT2D eigenvalue weighted by atomic mass is 16.5. The fourth-order valence-electron chi connectivity index (χ4n) is 1.20. The van der Waals surface area contributed by atoms with Crippen LogP contribution < -0.4 is 5.32 Å². The van der Waals surface area contributed by atoms with Gasteiger partial charge in [0.2, 0.25) is 0 Å². The zero-order valence-corrected chi connectivity index (χ0v) is 11.1. The highest BCUT2D eigenvalue weighted by Gasteiger charge is 2.21. The van der Waals surface area contributed by atoms with E-state index >= 15 is 0 Å². The largest absolute Gasteiger partial charge is 0.480 e. The Morgan fingerprint density at radius 1 is 1.39 bits per heavy atom. The van der Waals surface area contributed by atoms with Crippen LogP contribution in [0, 0.1) is 0 Å². The monoisotopic (exact) mass is 262 g/mol. The highest BCUT2D eigenvalue weighted by Crippen LogP contribution is 1.95. The number of likely N-dealkylation sites (N-methyl/N-ethyl adjacent to an activating group) is 1. The van der Waals surface area contributed by atoms with E-state index in [2.05, 4.69) is 5.32 Å². The Bertz CT molecular complexity index is 260. The molecule has 0 bridgehead atoms. The summed E-state index contributed by atoms with van der Waals surface area (Å²) in [5.41, 5.74) is 0. The van der Waals surface area contributed by atoms with Gasteiger partial charge < -0.3 is 24.8 Å². The van der Waals surface area contributed by atoms with Crippen LogP contribution in [0.4, 0.5) is 4.79 Å². The molecule has 0 saturated carbocycles. The summed E-state index contributed by atoms with van der Waals surface area (Å²) in [6.45, 7) is 3.57. The Morgan fingerprint density at radius 3 is 2.56 bits per heavy atom. The van der Waals surface area contributed by atoms with E-state index in [1.54, 1.807) is 7.05 Å². The zero-order chi connectivity index (χ0) is 14.0. The Labute approximate surface area is 107 Å². The average Bonchev–Trinajstić information content (AvgIpc) is 2.33. The van der Waals surface area contributed by atoms with Crippen LogP contribution in [0.2, 0.25) is 0 Å². The summed E-state index contributed by atoms with van der Waals surface area (Å²) in [7, 11) is 3.07. The summed E-state index contributed by atoms with van der Waals surface area (Å²) in [5.74, 6) is -1.07. The first-order valence-electron chi connectivity index (χ1n) is 5.84. The van der Waals surface area contributed by atoms with Gasteiger partial charge in [0.05, 0.1) is 6.61 Å². The molecule has 7 heteroatoms. The summed E-state index contributed by atoms with van der Waals surface area (Å²) >= 11 is 0. The summed E-state index contributed by atoms with van der Waals surface area (Å²) in [5, 5.41) is 11.4. The third kappa shape index (κ3) is 7.08. The number of carbonyl (C=O) groups is 2. The molecule has 0 aromatic heterocycles. The van der Waals surface area contributed by atoms with Crippen LogP contribution in [0.5, 0.6) is 0 Å². The molecule has 0 spiro atoms. The van der Waals surface area contributed by atoms with E-state index in [0.717, 1.165) is 0 Å². The summed E-state index contributed by atoms with van der Waals surface area (Å²) in [6.07, 6.45) is 0.233. The second-order valence-corrected chi connectivity index (χ2v) is 3.74. The molecule has 0 heterocycles. The number of carboxylic acid groups (broad SMARTS) is 1. The SMILES string of the molecule is CCOCCN(C)C(=O)NC(CCOC)C(=O)O. The smallest absolute Gasteiger partial charge is 0.326 e. The van der Waals surface area contributed by atoms with Crippen molar-refractivity contribution in [3.63, 3.8) is 0 Å². The quantitative estimate of drug-likeness (QED) is 0.578. The highest BCUT2D eigenvalue weighted by molar-refractivity contribution is 5.82. The molecule has 7 nitrogen and oxygen atoms in total. The van der Waals surface area contributed by atoms with Gasteiger partial charge in [0.15, 0.2) is 0 Å². The molecule has 0 aliphatic rings. The second-order valence-electron chi connectivity index (χ2n) is 3.74. The molecule has 0 aliphatic heterocycles. The minimum Gasteiger partial charge on any atom is -0.480 e. The van der Waals surface area contributed by atoms with Crippen LogP contribution in [-0.4, -0.2) is 68.6 Å². The molecule has 106 valence electrons. The first-order valence-corrected chi connectivity index (χ1v) is 5.84. The molecule has 0 radical (unpaired) electrons. The molecule has 0 aromatic rings. The van der Waals surface area contributed by atoms with E-state index in [-0.39, 0.29) is 13.0 Å². The fourth-order valence-corrected chi connectivity index (χ4v) is 1.20. The number of amides is 2. The number of hydrogen-bond acceptors (Lipinski definition) is 4. The van der Waals surface area contributed by atoms with Crippen LogP contribution in [0.1, 0.15) is 13.3 Å². The number of ether oxygens (including phenoxy) is 2. The molecule has 0 saturated heterocycles. The number of carbonyl (C=O) groups excluding carboxylic acids is 1. The number of urea groups is 1. The number of hydrogen-bond donors (Lipinski definition) is 2. The van der Waals surface area contributed by atoms with Crippen molar-refractivity contribution in [2.75, 3.05) is 40.5 Å². The summed E-state index contributed by atoms with van der Waals surface area (Å²) < 4.78 is 9.91. The number of aliphatic carboxylic acids is 1. The lowest BCUT2D eigenvalue weighted by molar-refractivity contribution is -0.139. The maximum atomic E-state index is 11.7. The zero-order valence-electron chi connectivity index (χ0n) is 11.1. The molecule has 0 rings (SSSR count). The van der Waals surface area contributed by atoms with Gasteiger partial charge in [-0.15, -0.1) is 0 Å². The van der Waals surface area contributed by atoms with Gasteiger partial charge >= 0.3 is 12.0 Å². The third-order valence-electron chi connectivity index (χ3n) is 2.33. The standard InChI is InChI=1S/C11H22N2O5/c1-4-18-8-6-13(2)11(16)12-9(10(14)15)5-7-17-3/h9H,4-8H2,1-3H3,(H,12,16)(H,14,15). The number of carboxylic acids is 1. The first kappa shape index (κ1) is 16.7. The molecule has 2 amide bonds. The third-order valence-corrected chi connectivity index (χ3v) is 2.33. The van der Waals surface area contributed by atoms with Crippen LogP contribution in [0.3, 0.4) is 0 Å². The van der Waals surface area contributed by atoms with Gasteiger partial charge in [-0.25, -0.2) is 9.59 Å². The van der Waals surface area contributed by atoms with Crippen molar-refractivity contribution in [3.8, 4) is 0 Å². The van der Waals surface area contributed by atoms with Crippen LogP contribution in [-0.2, 0) is 14.3 Å². The van der Waals surface area contributed by atoms with Gasteiger partial charge in [0, 0.05) is 40.3 Å². The Balaban J connectivity index is 4.10. The molecule has 2 N–H and O–H groups in total. The molecule has 0 aromatic carbocycles. The van der Waals surface area contributed by atoms with Gasteiger partial charge in [-0.3, -0.25) is 0 Å². The summed E-state index contributed by atoms with van der Waals surface area (Å²) in [6, 6.07) is -1.37. The van der Waals surface area contributed by atoms with E-state index in [1.165, 1.54) is 12.0 Å². The van der Waals surface area contributed by atoms with Gasteiger partial charge in [-0.1, -0.05) is 0 Å². The number of nitrogens with one attached hydrogen (secondary N) is 1. The van der Waals surface area contributed by atoms with Crippen molar-refractivity contribution < 1.29 is 24.2 Å². The summed E-state index contributed by atoms with van der Waals surface area (Å²) in [4.78, 5) is 24.0. The van der Waals surface area contributed by atoms with Gasteiger partial charge in [0.1, 0.15) is 6.04 Å². The first-order chi connectivity index (χ1) is 8.52. The molecule has 0 fully saturated rings. The Kier molecular flexibility index (Phi) is 8.95. The Morgan fingerprint density at radius 2 is 2.06 bits per heavy atom. The van der Waals surface area contributed by atoms with Crippen molar-refractivity contribution in [2.24, 2.45) is 0 Å². The number of rotatable bonds is 9. The van der Waals surface area contributed by atoms with Gasteiger partial charge in [-0.2, -0.15) is 0 Å². The lowest BCUT2D eigenvalue weighted by Gasteiger charge is -2.21. The van der Waals surface area contributed by atoms with Crippen molar-refractivity contribution in [1.82, 2.24) is 10.2 Å². The lowest BCUT2D eigenvalue weighted by atomic mass is 10.2. The van der Waals surface area contributed by atoms with Gasteiger partial charge in [-0.05, 0) is 6.92 Å². The predicted molar refractivity (Wildman–Crippen MR) is 65.6 cm³/mol. The van der Waals surface area contributed by atoms with Crippen LogP contribution in [0.25, 0.3) is 0 Å². The van der Waals surface area contributed by atoms with E-state index < -0.39 is 18.0 Å². The normalized spacial score (nSPS) is 11.9. The maximum Gasteiger partial charge on any atom is 0.326 e. The lowest BCUT2D eigenvalue weighted by Crippen LogP contribution is -2.47. The Hall–Kier alpha value is -1.34. The van der Waals surface area contributed by atoms with Crippen molar-refractivity contribution >= 4 is 12.0 Å². The molecular formula is C11H22N2O5. The van der Waals surface area contributed by atoms with Crippen molar-refractivity contribution in [1.29, 1.82) is 0 Å². The van der Waals surface area contributed by atoms with Crippen LogP contribution >= 0.6 is 0 Å². The molecule has 18 heavy (non-hydrogen) atoms. The maximum absolute atomic E-state index is 11.7. The van der Waals surface area contributed by atoms with E-state index in [4.69, 9.17) is 14.6 Å². The fraction of sp³-hybridized carbons (Fsp3) is 0.818. The van der Waals surface area contributed by atoms with E-state index in [9.17, 15) is 9.59 Å². The van der Waals surface area contributed by atoms with Crippen molar-refractivity contribution in [3.05, 3.63) is 0 Å². The second kappa shape index (κ2) is 9.67. The molecule has 0 aliphatic carbocycles. The van der Waals surface area contributed by atoms with E-state index in [0.29, 0.717) is 19.8 Å². The minimum absolute atomic E-state index is 0.233. The van der Waals surface area contributed by atoms with Crippen molar-refractivity contribution in [2.45, 2.75) is 19.4 Å². The topological polar surface area (TPSA) is 88.1 Å². The average molecular weight is 262 g/mol. The van der Waals surface area contributed by atoms with Gasteiger partial charge in [0.25, 0.3) is 0 Å². The number of nitrogens with zero attached hydrogens (tertiary/aromatic N) is 1. The molecular weight excluding hydrogens is 240 g/mol. The minimum atomic E-state index is -1.07. The molecule has 1 atom stereocenters. The van der Waals surface area contributed by atoms with Crippen LogP contribution in [0.15, 0.2) is 0 Å². The molecule has 1 unspecified atom stereocenters. The number of methoxy groups -OCH3 is 1. The predicted octanol–water partition coefficient (Wildman–Crippen LogP) is 0.154.